The lowest BCUT2D eigenvalue weighted by Crippen LogP contribution is -2.14. The van der Waals surface area contributed by atoms with Crippen LogP contribution in [0.3, 0.4) is 0 Å². The van der Waals surface area contributed by atoms with E-state index < -0.39 is 10.8 Å². The lowest BCUT2D eigenvalue weighted by molar-refractivity contribution is -0.384. The molecule has 1 amide bonds. The van der Waals surface area contributed by atoms with Gasteiger partial charge in [0.05, 0.1) is 23.8 Å². The van der Waals surface area contributed by atoms with Crippen molar-refractivity contribution in [1.29, 1.82) is 0 Å². The Bertz CT molecular complexity index is 1080. The highest BCUT2D eigenvalue weighted by Crippen LogP contribution is 2.26. The Morgan fingerprint density at radius 1 is 1.13 bits per heavy atom. The number of nitrogens with zero attached hydrogens (tertiary/aromatic N) is 3. The summed E-state index contributed by atoms with van der Waals surface area (Å²) in [6, 6.07) is 13.4. The number of aromatic nitrogens is 2. The third-order valence-corrected chi connectivity index (χ3v) is 4.55. The van der Waals surface area contributed by atoms with Gasteiger partial charge in [0.25, 0.3) is 11.6 Å². The molecular formula is C22H24N4O5. The van der Waals surface area contributed by atoms with Gasteiger partial charge in [0.15, 0.2) is 12.4 Å². The van der Waals surface area contributed by atoms with Gasteiger partial charge in [-0.25, -0.2) is 4.68 Å². The van der Waals surface area contributed by atoms with Crippen LogP contribution in [0.2, 0.25) is 0 Å². The molecule has 0 spiro atoms. The van der Waals surface area contributed by atoms with Gasteiger partial charge in [0.2, 0.25) is 0 Å². The summed E-state index contributed by atoms with van der Waals surface area (Å²) in [5.41, 5.74) is 1.46. The summed E-state index contributed by atoms with van der Waals surface area (Å²) in [5.74, 6) is 0.454. The molecule has 0 fully saturated rings. The Labute approximate surface area is 179 Å². The number of methoxy groups -OCH3 is 1. The van der Waals surface area contributed by atoms with Crippen molar-refractivity contribution in [2.75, 3.05) is 12.4 Å². The van der Waals surface area contributed by atoms with Crippen LogP contribution >= 0.6 is 0 Å². The number of carbonyl (C=O) groups excluding carboxylic acids is 1. The second kappa shape index (κ2) is 8.86. The third kappa shape index (κ3) is 5.59. The van der Waals surface area contributed by atoms with Crippen molar-refractivity contribution in [1.82, 2.24) is 9.78 Å². The van der Waals surface area contributed by atoms with E-state index in [9.17, 15) is 14.9 Å². The maximum Gasteiger partial charge on any atom is 0.276 e. The largest absolute Gasteiger partial charge is 0.496 e. The molecule has 1 heterocycles. The monoisotopic (exact) mass is 424 g/mol. The van der Waals surface area contributed by atoms with E-state index in [-0.39, 0.29) is 35.0 Å². The number of carbonyl (C=O) groups is 1. The van der Waals surface area contributed by atoms with Crippen molar-refractivity contribution in [3.8, 4) is 11.5 Å². The van der Waals surface area contributed by atoms with Crippen LogP contribution in [0.4, 0.5) is 11.4 Å². The predicted molar refractivity (Wildman–Crippen MR) is 116 cm³/mol. The summed E-state index contributed by atoms with van der Waals surface area (Å²) < 4.78 is 12.3. The van der Waals surface area contributed by atoms with Crippen LogP contribution in [0.1, 0.15) is 36.8 Å². The van der Waals surface area contributed by atoms with Crippen LogP contribution in [0.25, 0.3) is 0 Å². The Hall–Kier alpha value is -3.88. The van der Waals surface area contributed by atoms with Gasteiger partial charge in [0, 0.05) is 18.3 Å². The van der Waals surface area contributed by atoms with E-state index in [1.165, 1.54) is 41.6 Å². The normalized spacial score (nSPS) is 11.1. The molecule has 1 aromatic heterocycles. The SMILES string of the molecule is COc1cc(NC(=O)c2ccn(COc3ccc(C(C)(C)C)cc3)n2)cc([N+](=O)[O-])c1. The van der Waals surface area contributed by atoms with E-state index in [0.717, 1.165) is 0 Å². The van der Waals surface area contributed by atoms with E-state index in [2.05, 4.69) is 31.2 Å². The molecule has 0 saturated carbocycles. The maximum atomic E-state index is 12.5. The summed E-state index contributed by atoms with van der Waals surface area (Å²) in [6.45, 7) is 6.56. The first kappa shape index (κ1) is 21.8. The molecule has 0 aliphatic carbocycles. The Morgan fingerprint density at radius 2 is 1.84 bits per heavy atom. The third-order valence-electron chi connectivity index (χ3n) is 4.55. The molecule has 31 heavy (non-hydrogen) atoms. The number of amides is 1. The van der Waals surface area contributed by atoms with Crippen LogP contribution in [0, 0.1) is 10.1 Å². The molecule has 0 aliphatic rings. The van der Waals surface area contributed by atoms with Gasteiger partial charge in [-0.2, -0.15) is 5.10 Å². The zero-order valence-electron chi connectivity index (χ0n) is 17.8. The Balaban J connectivity index is 1.63. The highest BCUT2D eigenvalue weighted by Gasteiger charge is 2.15. The number of nitrogens with one attached hydrogen (secondary N) is 1. The average Bonchev–Trinajstić information content (AvgIpc) is 3.21. The lowest BCUT2D eigenvalue weighted by atomic mass is 9.87. The number of benzene rings is 2. The predicted octanol–water partition coefficient (Wildman–Crippen LogP) is 4.39. The van der Waals surface area contributed by atoms with Crippen molar-refractivity contribution in [2.45, 2.75) is 32.9 Å². The number of rotatable bonds is 7. The molecule has 162 valence electrons. The van der Waals surface area contributed by atoms with Crippen molar-refractivity contribution >= 4 is 17.3 Å². The Kier molecular flexibility index (Phi) is 6.24. The van der Waals surface area contributed by atoms with E-state index in [4.69, 9.17) is 9.47 Å². The highest BCUT2D eigenvalue weighted by molar-refractivity contribution is 6.03. The molecule has 0 aliphatic heterocycles. The fourth-order valence-corrected chi connectivity index (χ4v) is 2.82. The molecule has 0 atom stereocenters. The van der Waals surface area contributed by atoms with Gasteiger partial charge in [-0.3, -0.25) is 14.9 Å². The molecule has 9 heteroatoms. The van der Waals surface area contributed by atoms with E-state index >= 15 is 0 Å². The fraction of sp³-hybridized carbons (Fsp3) is 0.273. The number of hydrogen-bond acceptors (Lipinski definition) is 6. The van der Waals surface area contributed by atoms with Crippen LogP contribution in [-0.2, 0) is 12.1 Å². The van der Waals surface area contributed by atoms with Gasteiger partial charge in [-0.05, 0) is 29.2 Å². The van der Waals surface area contributed by atoms with E-state index in [0.29, 0.717) is 5.75 Å². The smallest absolute Gasteiger partial charge is 0.276 e. The maximum absolute atomic E-state index is 12.5. The standard InChI is InChI=1S/C22H24N4O5/c1-22(2,3)15-5-7-18(8-6-15)31-14-25-10-9-20(24-25)21(27)23-16-11-17(26(28)29)13-19(12-16)30-4/h5-13H,14H2,1-4H3,(H,23,27). The van der Waals surface area contributed by atoms with Gasteiger partial charge >= 0.3 is 0 Å². The molecule has 0 unspecified atom stereocenters. The number of hydrogen-bond donors (Lipinski definition) is 1. The molecule has 3 rings (SSSR count). The molecule has 1 N–H and O–H groups in total. The number of nitro groups is 1. The van der Waals surface area contributed by atoms with Crippen LogP contribution < -0.4 is 14.8 Å². The molecule has 2 aromatic carbocycles. The zero-order chi connectivity index (χ0) is 22.6. The van der Waals surface area contributed by atoms with Gasteiger partial charge in [-0.1, -0.05) is 32.9 Å². The minimum absolute atomic E-state index is 0.0615. The molecule has 0 saturated heterocycles. The van der Waals surface area contributed by atoms with Crippen LogP contribution in [0.15, 0.2) is 54.7 Å². The molecule has 0 radical (unpaired) electrons. The van der Waals surface area contributed by atoms with Gasteiger partial charge in [0.1, 0.15) is 11.5 Å². The molecule has 0 bridgehead atoms. The first-order valence-electron chi connectivity index (χ1n) is 9.57. The number of anilines is 1. The number of non-ortho nitro benzene ring substituents is 1. The first-order chi connectivity index (χ1) is 14.7. The van der Waals surface area contributed by atoms with Crippen molar-refractivity contribution < 1.29 is 19.2 Å². The zero-order valence-corrected chi connectivity index (χ0v) is 17.8. The lowest BCUT2D eigenvalue weighted by Gasteiger charge is -2.19. The molecule has 3 aromatic rings. The van der Waals surface area contributed by atoms with Crippen LogP contribution in [0.5, 0.6) is 11.5 Å². The number of nitro benzene ring substituents is 1. The number of ether oxygens (including phenoxy) is 2. The Morgan fingerprint density at radius 3 is 2.45 bits per heavy atom. The summed E-state index contributed by atoms with van der Waals surface area (Å²) in [6.07, 6.45) is 1.62. The minimum atomic E-state index is -0.557. The van der Waals surface area contributed by atoms with Crippen molar-refractivity contribution in [2.24, 2.45) is 0 Å². The summed E-state index contributed by atoms with van der Waals surface area (Å²) >= 11 is 0. The van der Waals surface area contributed by atoms with Crippen LogP contribution in [-0.4, -0.2) is 27.7 Å². The summed E-state index contributed by atoms with van der Waals surface area (Å²) in [7, 11) is 1.39. The van der Waals surface area contributed by atoms with Crippen molar-refractivity contribution in [3.05, 3.63) is 76.1 Å². The van der Waals surface area contributed by atoms with Gasteiger partial charge in [-0.15, -0.1) is 0 Å². The minimum Gasteiger partial charge on any atom is -0.496 e. The second-order valence-corrected chi connectivity index (χ2v) is 7.92. The van der Waals surface area contributed by atoms with Gasteiger partial charge < -0.3 is 14.8 Å². The average molecular weight is 424 g/mol. The van der Waals surface area contributed by atoms with E-state index in [1.807, 2.05) is 24.3 Å². The summed E-state index contributed by atoms with van der Waals surface area (Å²) in [5, 5.41) is 17.8. The summed E-state index contributed by atoms with van der Waals surface area (Å²) in [4.78, 5) is 23.0. The second-order valence-electron chi connectivity index (χ2n) is 7.92. The fourth-order valence-electron chi connectivity index (χ4n) is 2.82. The highest BCUT2D eigenvalue weighted by atomic mass is 16.6. The topological polar surface area (TPSA) is 109 Å². The molecular weight excluding hydrogens is 400 g/mol. The van der Waals surface area contributed by atoms with Crippen molar-refractivity contribution in [3.63, 3.8) is 0 Å². The quantitative estimate of drug-likeness (QED) is 0.445. The van der Waals surface area contributed by atoms with E-state index in [1.54, 1.807) is 6.20 Å². The molecule has 9 nitrogen and oxygen atoms in total. The first-order valence-corrected chi connectivity index (χ1v) is 9.57.